The molecule has 1 saturated heterocycles. The van der Waals surface area contributed by atoms with Crippen LogP contribution in [0.3, 0.4) is 0 Å². The average molecular weight is 239 g/mol. The fourth-order valence-electron chi connectivity index (χ4n) is 1.94. The summed E-state index contributed by atoms with van der Waals surface area (Å²) in [7, 11) is 0. The Balaban J connectivity index is 1.93. The summed E-state index contributed by atoms with van der Waals surface area (Å²) in [5, 5.41) is 3.97. The fourth-order valence-corrected chi connectivity index (χ4v) is 1.94. The SMILES string of the molecule is CC(C)C(N)c1nc(CC2CCCCO2)no1. The molecule has 2 N–H and O–H groups in total. The molecule has 0 aliphatic carbocycles. The van der Waals surface area contributed by atoms with E-state index in [-0.39, 0.29) is 12.1 Å². The molecule has 5 nitrogen and oxygen atoms in total. The first-order chi connectivity index (χ1) is 8.16. The molecule has 1 aromatic heterocycles. The van der Waals surface area contributed by atoms with Crippen molar-refractivity contribution in [1.29, 1.82) is 0 Å². The van der Waals surface area contributed by atoms with Gasteiger partial charge in [0, 0.05) is 13.0 Å². The molecule has 2 atom stereocenters. The van der Waals surface area contributed by atoms with E-state index < -0.39 is 0 Å². The lowest BCUT2D eigenvalue weighted by atomic mass is 10.1. The summed E-state index contributed by atoms with van der Waals surface area (Å²) in [6.07, 6.45) is 4.44. The Morgan fingerprint density at radius 3 is 2.88 bits per heavy atom. The molecule has 0 radical (unpaired) electrons. The number of hydrogen-bond donors (Lipinski definition) is 1. The van der Waals surface area contributed by atoms with Crippen molar-refractivity contribution < 1.29 is 9.26 Å². The third-order valence-corrected chi connectivity index (χ3v) is 3.17. The molecule has 0 spiro atoms. The number of aromatic nitrogens is 2. The van der Waals surface area contributed by atoms with E-state index in [0.717, 1.165) is 25.9 Å². The van der Waals surface area contributed by atoms with Crippen LogP contribution >= 0.6 is 0 Å². The van der Waals surface area contributed by atoms with Gasteiger partial charge in [0.1, 0.15) is 0 Å². The zero-order valence-electron chi connectivity index (χ0n) is 10.6. The van der Waals surface area contributed by atoms with Crippen LogP contribution < -0.4 is 5.73 Å². The van der Waals surface area contributed by atoms with Gasteiger partial charge in [0.2, 0.25) is 5.89 Å². The lowest BCUT2D eigenvalue weighted by Gasteiger charge is -2.20. The molecule has 2 heterocycles. The zero-order valence-corrected chi connectivity index (χ0v) is 10.6. The minimum absolute atomic E-state index is 0.177. The number of ether oxygens (including phenoxy) is 1. The Hall–Kier alpha value is -0.940. The number of nitrogens with two attached hydrogens (primary N) is 1. The molecule has 2 rings (SSSR count). The van der Waals surface area contributed by atoms with Crippen LogP contribution in [0.2, 0.25) is 0 Å². The maximum absolute atomic E-state index is 5.96. The summed E-state index contributed by atoms with van der Waals surface area (Å²) in [5.41, 5.74) is 5.96. The van der Waals surface area contributed by atoms with Gasteiger partial charge >= 0.3 is 0 Å². The van der Waals surface area contributed by atoms with Crippen LogP contribution in [0.5, 0.6) is 0 Å². The second-order valence-electron chi connectivity index (χ2n) is 5.01. The van der Waals surface area contributed by atoms with E-state index in [4.69, 9.17) is 15.0 Å². The Bertz CT molecular complexity index is 345. The van der Waals surface area contributed by atoms with Gasteiger partial charge < -0.3 is 15.0 Å². The molecule has 17 heavy (non-hydrogen) atoms. The third-order valence-electron chi connectivity index (χ3n) is 3.17. The predicted molar refractivity (Wildman–Crippen MR) is 63.4 cm³/mol. The van der Waals surface area contributed by atoms with Crippen molar-refractivity contribution in [2.75, 3.05) is 6.61 Å². The van der Waals surface area contributed by atoms with E-state index in [1.54, 1.807) is 0 Å². The van der Waals surface area contributed by atoms with Crippen molar-refractivity contribution in [3.63, 3.8) is 0 Å². The molecule has 2 unspecified atom stereocenters. The smallest absolute Gasteiger partial charge is 0.243 e. The lowest BCUT2D eigenvalue weighted by molar-refractivity contribution is 0.0153. The Labute approximate surface area is 102 Å². The molecular weight excluding hydrogens is 218 g/mol. The molecule has 0 aromatic carbocycles. The molecule has 0 amide bonds. The fraction of sp³-hybridized carbons (Fsp3) is 0.833. The summed E-state index contributed by atoms with van der Waals surface area (Å²) in [5.74, 6) is 1.54. The first-order valence-corrected chi connectivity index (χ1v) is 6.36. The molecule has 96 valence electrons. The minimum atomic E-state index is -0.177. The molecule has 1 aliphatic rings. The summed E-state index contributed by atoms with van der Waals surface area (Å²) < 4.78 is 10.8. The van der Waals surface area contributed by atoms with Crippen molar-refractivity contribution in [1.82, 2.24) is 10.1 Å². The molecule has 1 fully saturated rings. The monoisotopic (exact) mass is 239 g/mol. The zero-order chi connectivity index (χ0) is 12.3. The van der Waals surface area contributed by atoms with Crippen LogP contribution in [0.25, 0.3) is 0 Å². The van der Waals surface area contributed by atoms with Crippen LogP contribution in [-0.2, 0) is 11.2 Å². The topological polar surface area (TPSA) is 74.2 Å². The van der Waals surface area contributed by atoms with Crippen molar-refractivity contribution in [3.8, 4) is 0 Å². The maximum atomic E-state index is 5.96. The molecule has 1 aliphatic heterocycles. The van der Waals surface area contributed by atoms with Gasteiger partial charge in [0.25, 0.3) is 0 Å². The summed E-state index contributed by atoms with van der Waals surface area (Å²) in [6.45, 7) is 4.93. The molecule has 0 bridgehead atoms. The van der Waals surface area contributed by atoms with E-state index in [0.29, 0.717) is 17.6 Å². The van der Waals surface area contributed by atoms with Crippen molar-refractivity contribution >= 4 is 0 Å². The Morgan fingerprint density at radius 2 is 2.24 bits per heavy atom. The van der Waals surface area contributed by atoms with Gasteiger partial charge in [-0.15, -0.1) is 0 Å². The van der Waals surface area contributed by atoms with Gasteiger partial charge in [-0.1, -0.05) is 19.0 Å². The third kappa shape index (κ3) is 3.26. The van der Waals surface area contributed by atoms with Gasteiger partial charge in [-0.2, -0.15) is 4.98 Å². The summed E-state index contributed by atoms with van der Waals surface area (Å²) in [6, 6.07) is -0.177. The molecular formula is C12H21N3O2. The quantitative estimate of drug-likeness (QED) is 0.867. The highest BCUT2D eigenvalue weighted by atomic mass is 16.5. The molecule has 5 heteroatoms. The largest absolute Gasteiger partial charge is 0.378 e. The highest BCUT2D eigenvalue weighted by Gasteiger charge is 2.21. The number of nitrogens with zero attached hydrogens (tertiary/aromatic N) is 2. The van der Waals surface area contributed by atoms with Crippen LogP contribution in [0.4, 0.5) is 0 Å². The van der Waals surface area contributed by atoms with Gasteiger partial charge in [-0.05, 0) is 25.2 Å². The second-order valence-corrected chi connectivity index (χ2v) is 5.01. The van der Waals surface area contributed by atoms with Gasteiger partial charge in [-0.3, -0.25) is 0 Å². The lowest BCUT2D eigenvalue weighted by Crippen LogP contribution is -2.22. The highest BCUT2D eigenvalue weighted by molar-refractivity contribution is 4.94. The minimum Gasteiger partial charge on any atom is -0.378 e. The first kappa shape index (κ1) is 12.5. The Morgan fingerprint density at radius 1 is 1.41 bits per heavy atom. The number of rotatable bonds is 4. The van der Waals surface area contributed by atoms with Gasteiger partial charge in [0.05, 0.1) is 12.1 Å². The summed E-state index contributed by atoms with van der Waals surface area (Å²) in [4.78, 5) is 4.34. The highest BCUT2D eigenvalue weighted by Crippen LogP contribution is 2.19. The van der Waals surface area contributed by atoms with Crippen LogP contribution in [-0.4, -0.2) is 22.9 Å². The predicted octanol–water partition coefficient (Wildman–Crippen LogP) is 1.84. The standard InChI is InChI=1S/C12H21N3O2/c1-8(2)11(13)12-14-10(15-17-12)7-9-5-3-4-6-16-9/h8-9,11H,3-7,13H2,1-2H3. The van der Waals surface area contributed by atoms with Crippen molar-refractivity contribution in [2.45, 2.75) is 51.7 Å². The van der Waals surface area contributed by atoms with E-state index in [1.807, 2.05) is 13.8 Å². The second kappa shape index (κ2) is 5.60. The Kier molecular flexibility index (Phi) is 4.12. The van der Waals surface area contributed by atoms with Crippen molar-refractivity contribution in [2.24, 2.45) is 11.7 Å². The van der Waals surface area contributed by atoms with Gasteiger partial charge in [-0.25, -0.2) is 0 Å². The van der Waals surface area contributed by atoms with Crippen LogP contribution in [0.15, 0.2) is 4.52 Å². The molecule has 0 saturated carbocycles. The first-order valence-electron chi connectivity index (χ1n) is 6.36. The number of hydrogen-bond acceptors (Lipinski definition) is 5. The maximum Gasteiger partial charge on any atom is 0.243 e. The van der Waals surface area contributed by atoms with Gasteiger partial charge in [0.15, 0.2) is 5.82 Å². The van der Waals surface area contributed by atoms with Crippen LogP contribution in [0.1, 0.15) is 50.9 Å². The summed E-state index contributed by atoms with van der Waals surface area (Å²) >= 11 is 0. The van der Waals surface area contributed by atoms with Crippen LogP contribution in [0, 0.1) is 5.92 Å². The van der Waals surface area contributed by atoms with E-state index in [2.05, 4.69) is 10.1 Å². The normalized spacial score (nSPS) is 22.9. The van der Waals surface area contributed by atoms with E-state index >= 15 is 0 Å². The average Bonchev–Trinajstić information content (AvgIpc) is 2.77. The van der Waals surface area contributed by atoms with E-state index in [9.17, 15) is 0 Å². The molecule has 1 aromatic rings. The van der Waals surface area contributed by atoms with E-state index in [1.165, 1.54) is 6.42 Å². The van der Waals surface area contributed by atoms with Crippen molar-refractivity contribution in [3.05, 3.63) is 11.7 Å².